The molecule has 0 atom stereocenters. The second kappa shape index (κ2) is 13.6. The predicted molar refractivity (Wildman–Crippen MR) is 35.1 cm³/mol. The Balaban J connectivity index is -0.000000101. The van der Waals surface area contributed by atoms with Crippen molar-refractivity contribution in [2.24, 2.45) is 0 Å². The Morgan fingerprint density at radius 2 is 1.08 bits per heavy atom. The standard InChI is InChI=1S/C7H9N2.4Y/c1-5-6(2)8-4-9-7(5)3;;;;/h1-3H3;;;;/q-1;;;;. The van der Waals surface area contributed by atoms with Crippen LogP contribution in [0.15, 0.2) is 0 Å². The molecule has 0 saturated carbocycles. The predicted octanol–water partition coefficient (Wildman–Crippen LogP) is 1.19. The van der Waals surface area contributed by atoms with Gasteiger partial charge in [-0.25, -0.2) is 0 Å². The average molecular weight is 477 g/mol. The first-order valence-corrected chi connectivity index (χ1v) is 2.89. The molecule has 60 valence electrons. The molecule has 0 amide bonds. The zero-order valence-corrected chi connectivity index (χ0v) is 19.6. The van der Waals surface area contributed by atoms with Gasteiger partial charge in [-0.1, -0.05) is 32.2 Å². The molecule has 0 unspecified atom stereocenters. The maximum atomic E-state index is 3.90. The fourth-order valence-corrected chi connectivity index (χ4v) is 0.605. The van der Waals surface area contributed by atoms with Gasteiger partial charge in [0.2, 0.25) is 0 Å². The summed E-state index contributed by atoms with van der Waals surface area (Å²) in [6.45, 7) is 5.93. The number of hydrogen-bond acceptors (Lipinski definition) is 2. The van der Waals surface area contributed by atoms with Crippen LogP contribution in [-0.4, -0.2) is 9.97 Å². The maximum absolute atomic E-state index is 3.90. The van der Waals surface area contributed by atoms with E-state index in [1.54, 1.807) is 0 Å². The Morgan fingerprint density at radius 1 is 0.769 bits per heavy atom. The number of aryl methyl sites for hydroxylation is 2. The van der Waals surface area contributed by atoms with E-state index in [0.29, 0.717) is 0 Å². The van der Waals surface area contributed by atoms with E-state index in [9.17, 15) is 0 Å². The van der Waals surface area contributed by atoms with Crippen LogP contribution in [0.2, 0.25) is 0 Å². The van der Waals surface area contributed by atoms with Crippen LogP contribution in [0.4, 0.5) is 0 Å². The van der Waals surface area contributed by atoms with Crippen LogP contribution in [0.25, 0.3) is 0 Å². The molecule has 1 aromatic heterocycles. The van der Waals surface area contributed by atoms with Crippen LogP contribution < -0.4 is 0 Å². The molecule has 0 aromatic carbocycles. The third kappa shape index (κ3) is 9.22. The van der Waals surface area contributed by atoms with Gasteiger partial charge >= 0.3 is 0 Å². The van der Waals surface area contributed by atoms with E-state index in [-0.39, 0.29) is 131 Å². The molecule has 6 heteroatoms. The van der Waals surface area contributed by atoms with E-state index < -0.39 is 0 Å². The first-order valence-electron chi connectivity index (χ1n) is 2.89. The second-order valence-corrected chi connectivity index (χ2v) is 2.12. The van der Waals surface area contributed by atoms with Gasteiger partial charge in [0.05, 0.1) is 0 Å². The molecule has 0 aliphatic rings. The van der Waals surface area contributed by atoms with Crippen molar-refractivity contribution in [3.63, 3.8) is 0 Å². The maximum Gasteiger partial charge on any atom is 0.0218 e. The third-order valence-corrected chi connectivity index (χ3v) is 1.52. The number of rotatable bonds is 0. The van der Waals surface area contributed by atoms with Gasteiger partial charge in [0, 0.05) is 137 Å². The summed E-state index contributed by atoms with van der Waals surface area (Å²) in [6.07, 6.45) is 2.57. The minimum atomic E-state index is 0. The van der Waals surface area contributed by atoms with Crippen molar-refractivity contribution in [1.29, 1.82) is 0 Å². The van der Waals surface area contributed by atoms with Crippen molar-refractivity contribution < 1.29 is 131 Å². The zero-order chi connectivity index (χ0) is 6.85. The van der Waals surface area contributed by atoms with Crippen LogP contribution in [-0.2, 0) is 131 Å². The van der Waals surface area contributed by atoms with Crippen molar-refractivity contribution in [3.05, 3.63) is 23.3 Å². The van der Waals surface area contributed by atoms with Crippen LogP contribution in [0, 0.1) is 27.1 Å². The SMILES string of the molecule is Cc1n[c-]nc(C)c1C.[Y].[Y].[Y].[Y]. The molecule has 1 heterocycles. The summed E-state index contributed by atoms with van der Waals surface area (Å²) < 4.78 is 0. The number of nitrogens with zero attached hydrogens (tertiary/aromatic N) is 2. The molecular weight excluding hydrogens is 468 g/mol. The van der Waals surface area contributed by atoms with Crippen LogP contribution >= 0.6 is 0 Å². The molecule has 0 N–H and O–H groups in total. The fraction of sp³-hybridized carbons (Fsp3) is 0.429. The molecule has 0 saturated heterocycles. The van der Waals surface area contributed by atoms with Gasteiger partial charge in [-0.3, -0.25) is 0 Å². The summed E-state index contributed by atoms with van der Waals surface area (Å²) in [4.78, 5) is 7.81. The smallest absolute Gasteiger partial charge is 0.0218 e. The van der Waals surface area contributed by atoms with Crippen LogP contribution in [0.1, 0.15) is 17.0 Å². The molecule has 0 aliphatic carbocycles. The largest absolute Gasteiger partial charge is 0.371 e. The molecule has 1 rings (SSSR count). The summed E-state index contributed by atoms with van der Waals surface area (Å²) in [5.41, 5.74) is 3.19. The van der Waals surface area contributed by atoms with Gasteiger partial charge in [-0.05, 0) is 0 Å². The van der Waals surface area contributed by atoms with Gasteiger partial charge in [0.15, 0.2) is 0 Å². The first-order chi connectivity index (χ1) is 4.22. The summed E-state index contributed by atoms with van der Waals surface area (Å²) in [5, 5.41) is 0. The molecular formula is C7H9N2Y4-. The van der Waals surface area contributed by atoms with Gasteiger partial charge in [0.25, 0.3) is 0 Å². The van der Waals surface area contributed by atoms with Crippen molar-refractivity contribution in [3.8, 4) is 0 Å². The van der Waals surface area contributed by atoms with E-state index in [1.165, 1.54) is 0 Å². The van der Waals surface area contributed by atoms with Crippen molar-refractivity contribution in [2.75, 3.05) is 0 Å². The fourth-order valence-electron chi connectivity index (χ4n) is 0.605. The van der Waals surface area contributed by atoms with E-state index in [4.69, 9.17) is 0 Å². The van der Waals surface area contributed by atoms with Crippen molar-refractivity contribution >= 4 is 0 Å². The summed E-state index contributed by atoms with van der Waals surface area (Å²) in [7, 11) is 0. The minimum Gasteiger partial charge on any atom is -0.371 e. The molecule has 2 nitrogen and oxygen atoms in total. The van der Waals surface area contributed by atoms with Gasteiger partial charge < -0.3 is 9.97 Å². The Morgan fingerprint density at radius 3 is 1.31 bits per heavy atom. The van der Waals surface area contributed by atoms with E-state index >= 15 is 0 Å². The Labute approximate surface area is 181 Å². The Hall–Kier alpha value is 3.50. The van der Waals surface area contributed by atoms with Gasteiger partial charge in [-0.15, -0.1) is 5.56 Å². The van der Waals surface area contributed by atoms with Gasteiger partial charge in [0.1, 0.15) is 0 Å². The molecule has 0 spiro atoms. The first kappa shape index (κ1) is 25.4. The minimum absolute atomic E-state index is 0. The molecule has 1 aromatic rings. The summed E-state index contributed by atoms with van der Waals surface area (Å²) in [6, 6.07) is 0. The Bertz CT molecular complexity index is 209. The summed E-state index contributed by atoms with van der Waals surface area (Å²) >= 11 is 0. The molecule has 0 fully saturated rings. The molecule has 0 bridgehead atoms. The van der Waals surface area contributed by atoms with E-state index in [1.807, 2.05) is 20.8 Å². The van der Waals surface area contributed by atoms with Crippen LogP contribution in [0.5, 0.6) is 0 Å². The second-order valence-electron chi connectivity index (χ2n) is 2.12. The Kier molecular flexibility index (Phi) is 26.5. The van der Waals surface area contributed by atoms with Crippen LogP contribution in [0.3, 0.4) is 0 Å². The average Bonchev–Trinajstić information content (AvgIpc) is 1.83. The number of hydrogen-bond donors (Lipinski definition) is 0. The topological polar surface area (TPSA) is 25.8 Å². The molecule has 4 radical (unpaired) electrons. The van der Waals surface area contributed by atoms with Gasteiger partial charge in [-0.2, -0.15) is 0 Å². The normalized spacial score (nSPS) is 6.69. The molecule has 0 aliphatic heterocycles. The van der Waals surface area contributed by atoms with Crippen molar-refractivity contribution in [1.82, 2.24) is 9.97 Å². The zero-order valence-electron chi connectivity index (χ0n) is 8.20. The third-order valence-electron chi connectivity index (χ3n) is 1.52. The van der Waals surface area contributed by atoms with Crippen molar-refractivity contribution in [2.45, 2.75) is 20.8 Å². The monoisotopic (exact) mass is 477 g/mol. The van der Waals surface area contributed by atoms with E-state index in [2.05, 4.69) is 16.3 Å². The quantitative estimate of drug-likeness (QED) is 0.526. The number of aromatic nitrogens is 2. The van der Waals surface area contributed by atoms with E-state index in [0.717, 1.165) is 17.0 Å². The summed E-state index contributed by atoms with van der Waals surface area (Å²) in [5.74, 6) is 0. The molecule has 13 heavy (non-hydrogen) atoms.